The molecule has 0 aromatic carbocycles. The van der Waals surface area contributed by atoms with E-state index in [1.807, 2.05) is 4.90 Å². The van der Waals surface area contributed by atoms with Crippen molar-refractivity contribution in [3.05, 3.63) is 0 Å². The molecular weight excluding hydrogens is 200 g/mol. The highest BCUT2D eigenvalue weighted by atomic mass is 16.2. The normalized spacial score (nSPS) is 34.9. The molecule has 1 amide bonds. The topological polar surface area (TPSA) is 32.7 Å². The van der Waals surface area contributed by atoms with Crippen LogP contribution in [0.5, 0.6) is 0 Å². The second-order valence-corrected chi connectivity index (χ2v) is 5.30. The summed E-state index contributed by atoms with van der Waals surface area (Å²) in [7, 11) is 0. The van der Waals surface area contributed by atoms with Crippen LogP contribution in [0.2, 0.25) is 0 Å². The summed E-state index contributed by atoms with van der Waals surface area (Å²) in [6, 6.07) is 0.325. The smallest absolute Gasteiger partial charge is 0.233 e. The summed E-state index contributed by atoms with van der Waals surface area (Å²) in [4.78, 5) is 19.2. The zero-order valence-electron chi connectivity index (χ0n) is 9.82. The van der Waals surface area contributed by atoms with Crippen LogP contribution < -0.4 is 0 Å². The Bertz CT molecular complexity index is 324. The third kappa shape index (κ3) is 1.66. The number of hydrogen-bond donors (Lipinski definition) is 0. The molecule has 2 fully saturated rings. The van der Waals surface area contributed by atoms with E-state index in [0.717, 1.165) is 38.1 Å². The van der Waals surface area contributed by atoms with Crippen LogP contribution in [0.1, 0.15) is 51.4 Å². The number of hydrogen-bond acceptors (Lipinski definition) is 2. The summed E-state index contributed by atoms with van der Waals surface area (Å²) in [5.74, 6) is 1.71. The Morgan fingerprint density at radius 3 is 2.88 bits per heavy atom. The van der Waals surface area contributed by atoms with Crippen LogP contribution in [0.25, 0.3) is 0 Å². The molecule has 0 aromatic heterocycles. The van der Waals surface area contributed by atoms with Crippen molar-refractivity contribution in [2.45, 2.75) is 57.4 Å². The predicted molar refractivity (Wildman–Crippen MR) is 63.4 cm³/mol. The molecule has 88 valence electrons. The molecule has 2 heterocycles. The van der Waals surface area contributed by atoms with Gasteiger partial charge in [0.05, 0.1) is 12.0 Å². The molecule has 3 heteroatoms. The van der Waals surface area contributed by atoms with E-state index in [-0.39, 0.29) is 5.92 Å². The number of aliphatic imine (C=N–C) groups is 1. The minimum Gasteiger partial charge on any atom is -0.300 e. The number of amidine groups is 1. The van der Waals surface area contributed by atoms with Crippen molar-refractivity contribution in [3.63, 3.8) is 0 Å². The Morgan fingerprint density at radius 2 is 1.94 bits per heavy atom. The van der Waals surface area contributed by atoms with E-state index in [4.69, 9.17) is 4.99 Å². The minimum absolute atomic E-state index is 0.218. The van der Waals surface area contributed by atoms with E-state index in [2.05, 4.69) is 0 Å². The zero-order chi connectivity index (χ0) is 11.0. The van der Waals surface area contributed by atoms with Crippen molar-refractivity contribution in [1.82, 2.24) is 4.90 Å². The lowest BCUT2D eigenvalue weighted by Crippen LogP contribution is -2.49. The Kier molecular flexibility index (Phi) is 2.70. The fourth-order valence-electron chi connectivity index (χ4n) is 3.31. The van der Waals surface area contributed by atoms with Gasteiger partial charge in [-0.15, -0.1) is 0 Å². The molecule has 0 spiro atoms. The number of rotatable bonds is 0. The second-order valence-electron chi connectivity index (χ2n) is 5.30. The standard InChI is InChI=1S/C13H20N2O/c16-13-10-6-3-4-7-11(10)14-12-8-2-1-5-9-15(12)13/h10-11H,1-9H2/t10-,11+/m0/s1. The minimum atomic E-state index is 0.218. The summed E-state index contributed by atoms with van der Waals surface area (Å²) in [6.45, 7) is 0.918. The lowest BCUT2D eigenvalue weighted by molar-refractivity contribution is -0.134. The summed E-state index contributed by atoms with van der Waals surface area (Å²) in [6.07, 6.45) is 9.30. The van der Waals surface area contributed by atoms with Gasteiger partial charge in [-0.3, -0.25) is 9.79 Å². The van der Waals surface area contributed by atoms with Gasteiger partial charge in [0.2, 0.25) is 5.91 Å². The van der Waals surface area contributed by atoms with Gasteiger partial charge in [0.15, 0.2) is 0 Å². The average Bonchev–Trinajstić information content (AvgIpc) is 2.55. The van der Waals surface area contributed by atoms with Crippen molar-refractivity contribution >= 4 is 11.7 Å². The SMILES string of the molecule is O=C1[C@H]2CCCC[C@H]2N=C2CCCCCN12. The van der Waals surface area contributed by atoms with E-state index < -0.39 is 0 Å². The van der Waals surface area contributed by atoms with Crippen molar-refractivity contribution < 1.29 is 4.79 Å². The summed E-state index contributed by atoms with van der Waals surface area (Å²) in [5, 5.41) is 0. The maximum absolute atomic E-state index is 12.4. The van der Waals surface area contributed by atoms with Gasteiger partial charge in [-0.2, -0.15) is 0 Å². The highest BCUT2D eigenvalue weighted by Gasteiger charge is 2.39. The zero-order valence-corrected chi connectivity index (χ0v) is 9.82. The predicted octanol–water partition coefficient (Wildman–Crippen LogP) is 2.36. The molecule has 2 aliphatic heterocycles. The molecule has 1 saturated heterocycles. The first kappa shape index (κ1) is 10.3. The van der Waals surface area contributed by atoms with Gasteiger partial charge in [0.25, 0.3) is 0 Å². The number of carbonyl (C=O) groups is 1. The van der Waals surface area contributed by atoms with Crippen molar-refractivity contribution in [2.24, 2.45) is 10.9 Å². The molecule has 0 N–H and O–H groups in total. The third-order valence-electron chi connectivity index (χ3n) is 4.22. The number of fused-ring (bicyclic) bond motifs is 2. The Balaban J connectivity index is 1.89. The third-order valence-corrected chi connectivity index (χ3v) is 4.22. The lowest BCUT2D eigenvalue weighted by atomic mass is 9.82. The van der Waals surface area contributed by atoms with Crippen molar-refractivity contribution in [3.8, 4) is 0 Å². The van der Waals surface area contributed by atoms with E-state index >= 15 is 0 Å². The summed E-state index contributed by atoms with van der Waals surface area (Å²) in [5.41, 5.74) is 0. The van der Waals surface area contributed by atoms with Crippen LogP contribution in [0.4, 0.5) is 0 Å². The Labute approximate surface area is 96.9 Å². The molecule has 3 nitrogen and oxygen atoms in total. The molecule has 0 radical (unpaired) electrons. The monoisotopic (exact) mass is 220 g/mol. The van der Waals surface area contributed by atoms with Gasteiger partial charge < -0.3 is 4.90 Å². The van der Waals surface area contributed by atoms with Crippen LogP contribution in [-0.2, 0) is 4.79 Å². The maximum Gasteiger partial charge on any atom is 0.233 e. The average molecular weight is 220 g/mol. The molecular formula is C13H20N2O. The quantitative estimate of drug-likeness (QED) is 0.617. The van der Waals surface area contributed by atoms with Crippen LogP contribution >= 0.6 is 0 Å². The number of amides is 1. The van der Waals surface area contributed by atoms with Crippen molar-refractivity contribution in [1.29, 1.82) is 0 Å². The van der Waals surface area contributed by atoms with Gasteiger partial charge >= 0.3 is 0 Å². The maximum atomic E-state index is 12.4. The van der Waals surface area contributed by atoms with E-state index in [1.54, 1.807) is 0 Å². The van der Waals surface area contributed by atoms with Gasteiger partial charge in [-0.05, 0) is 25.7 Å². The molecule has 0 unspecified atom stereocenters. The first-order valence-electron chi connectivity index (χ1n) is 6.74. The molecule has 0 bridgehead atoms. The van der Waals surface area contributed by atoms with Crippen LogP contribution in [0, 0.1) is 5.92 Å². The molecule has 2 atom stereocenters. The molecule has 0 aromatic rings. The van der Waals surface area contributed by atoms with E-state index in [9.17, 15) is 4.79 Å². The van der Waals surface area contributed by atoms with Gasteiger partial charge in [0, 0.05) is 13.0 Å². The van der Waals surface area contributed by atoms with Crippen molar-refractivity contribution in [2.75, 3.05) is 6.54 Å². The second kappa shape index (κ2) is 4.19. The van der Waals surface area contributed by atoms with E-state index in [0.29, 0.717) is 11.9 Å². The molecule has 3 rings (SSSR count). The van der Waals surface area contributed by atoms with Gasteiger partial charge in [-0.1, -0.05) is 19.3 Å². The molecule has 1 saturated carbocycles. The molecule has 3 aliphatic rings. The van der Waals surface area contributed by atoms with Gasteiger partial charge in [0.1, 0.15) is 5.84 Å². The Morgan fingerprint density at radius 1 is 1.06 bits per heavy atom. The number of carbonyl (C=O) groups excluding carboxylic acids is 1. The molecule has 16 heavy (non-hydrogen) atoms. The van der Waals surface area contributed by atoms with Crippen LogP contribution in [0.15, 0.2) is 4.99 Å². The first-order chi connectivity index (χ1) is 7.86. The fourth-order valence-corrected chi connectivity index (χ4v) is 3.31. The fraction of sp³-hybridized carbons (Fsp3) is 0.846. The van der Waals surface area contributed by atoms with Gasteiger partial charge in [-0.25, -0.2) is 0 Å². The summed E-state index contributed by atoms with van der Waals surface area (Å²) >= 11 is 0. The highest BCUT2D eigenvalue weighted by molar-refractivity contribution is 6.01. The largest absolute Gasteiger partial charge is 0.300 e. The van der Waals surface area contributed by atoms with E-state index in [1.165, 1.54) is 25.7 Å². The number of nitrogens with zero attached hydrogens (tertiary/aromatic N) is 2. The lowest BCUT2D eigenvalue weighted by Gasteiger charge is -2.38. The Hall–Kier alpha value is -0.860. The van der Waals surface area contributed by atoms with Crippen LogP contribution in [-0.4, -0.2) is 29.2 Å². The first-order valence-corrected chi connectivity index (χ1v) is 6.74. The highest BCUT2D eigenvalue weighted by Crippen LogP contribution is 2.33. The summed E-state index contributed by atoms with van der Waals surface area (Å²) < 4.78 is 0. The van der Waals surface area contributed by atoms with Crippen LogP contribution in [0.3, 0.4) is 0 Å². The molecule has 1 aliphatic carbocycles.